The van der Waals surface area contributed by atoms with Crippen molar-refractivity contribution in [3.63, 3.8) is 0 Å². The van der Waals surface area contributed by atoms with E-state index in [4.69, 9.17) is 0 Å². The van der Waals surface area contributed by atoms with Gasteiger partial charge in [0.05, 0.1) is 11.0 Å². The van der Waals surface area contributed by atoms with E-state index in [0.717, 1.165) is 12.8 Å². The van der Waals surface area contributed by atoms with Gasteiger partial charge in [-0.25, -0.2) is 0 Å². The van der Waals surface area contributed by atoms with Gasteiger partial charge >= 0.3 is 0 Å². The van der Waals surface area contributed by atoms with Crippen LogP contribution in [-0.2, 0) is 0 Å². The van der Waals surface area contributed by atoms with Gasteiger partial charge in [-0.15, -0.1) is 0 Å². The maximum absolute atomic E-state index is 2.50. The highest BCUT2D eigenvalue weighted by Crippen LogP contribution is 2.52. The fraction of sp³-hybridized carbons (Fsp3) is 0.137. The van der Waals surface area contributed by atoms with E-state index < -0.39 is 0 Å². The Hall–Kier alpha value is -5.92. The standard InChI is InChI=1S/C51H39N/c1-32-47-29-34(23-26-42(47)40-18-9-10-21-46(40)51(32)33-13-3-2-4-14-33)35-24-27-45-44-20-11-12-22-49(44)52(50(45)30-35)36-25-28-43-39-17-6-5-15-37(39)38-16-7-8-19-41(38)48(43)31-36/h2-9,11-20,22-32,37,39,51H,10,21H2,1H3. The molecular weight excluding hydrogens is 627 g/mol. The third-order valence-corrected chi connectivity index (χ3v) is 12.5. The van der Waals surface area contributed by atoms with Crippen LogP contribution in [-0.4, -0.2) is 4.57 Å². The van der Waals surface area contributed by atoms with Crippen LogP contribution < -0.4 is 0 Å². The molecule has 0 N–H and O–H groups in total. The number of hydrogen-bond acceptors (Lipinski definition) is 0. The zero-order chi connectivity index (χ0) is 34.3. The molecule has 1 heteroatoms. The van der Waals surface area contributed by atoms with Crippen LogP contribution in [0.3, 0.4) is 0 Å². The fourth-order valence-electron chi connectivity index (χ4n) is 10.1. The molecule has 0 saturated carbocycles. The Morgan fingerprint density at radius 1 is 0.558 bits per heavy atom. The Morgan fingerprint density at radius 2 is 1.29 bits per heavy atom. The summed E-state index contributed by atoms with van der Waals surface area (Å²) in [6.45, 7) is 2.44. The summed E-state index contributed by atoms with van der Waals surface area (Å²) in [6, 6.07) is 50.6. The molecule has 0 aliphatic heterocycles. The molecule has 0 radical (unpaired) electrons. The number of fused-ring (bicyclic) bond motifs is 11. The minimum Gasteiger partial charge on any atom is -0.309 e. The topological polar surface area (TPSA) is 4.93 Å². The molecule has 1 heterocycles. The Morgan fingerprint density at radius 3 is 2.17 bits per heavy atom. The largest absolute Gasteiger partial charge is 0.309 e. The summed E-state index contributed by atoms with van der Waals surface area (Å²) in [5.41, 5.74) is 19.1. The number of rotatable bonds is 3. The molecule has 0 bridgehead atoms. The van der Waals surface area contributed by atoms with E-state index in [1.54, 1.807) is 5.57 Å². The van der Waals surface area contributed by atoms with Gasteiger partial charge in [-0.3, -0.25) is 0 Å². The summed E-state index contributed by atoms with van der Waals surface area (Å²) in [6.07, 6.45) is 16.2. The van der Waals surface area contributed by atoms with Crippen LogP contribution in [0.2, 0.25) is 0 Å². The minimum atomic E-state index is 0.359. The first-order chi connectivity index (χ1) is 25.7. The van der Waals surface area contributed by atoms with Crippen LogP contribution >= 0.6 is 0 Å². The molecule has 4 aliphatic carbocycles. The first kappa shape index (κ1) is 29.8. The van der Waals surface area contributed by atoms with Crippen molar-refractivity contribution in [1.82, 2.24) is 4.57 Å². The summed E-state index contributed by atoms with van der Waals surface area (Å²) >= 11 is 0. The zero-order valence-corrected chi connectivity index (χ0v) is 29.3. The fourth-order valence-corrected chi connectivity index (χ4v) is 10.1. The number of aromatic nitrogens is 1. The number of nitrogens with zero attached hydrogens (tertiary/aromatic N) is 1. The molecular formula is C51H39N. The van der Waals surface area contributed by atoms with Gasteiger partial charge in [-0.05, 0) is 98.7 Å². The summed E-state index contributed by atoms with van der Waals surface area (Å²) in [7, 11) is 0. The number of para-hydroxylation sites is 1. The van der Waals surface area contributed by atoms with Crippen LogP contribution in [0.25, 0.3) is 55.3 Å². The lowest BCUT2D eigenvalue weighted by atomic mass is 9.67. The molecule has 0 amide bonds. The van der Waals surface area contributed by atoms with E-state index in [9.17, 15) is 0 Å². The average molecular weight is 666 g/mol. The summed E-state index contributed by atoms with van der Waals surface area (Å²) in [4.78, 5) is 0. The molecule has 248 valence electrons. The number of allylic oxidation sites excluding steroid dienone is 8. The maximum atomic E-state index is 2.50. The Balaban J connectivity index is 1.08. The van der Waals surface area contributed by atoms with Gasteiger partial charge in [0.25, 0.3) is 0 Å². The highest BCUT2D eigenvalue weighted by molar-refractivity contribution is 6.10. The van der Waals surface area contributed by atoms with E-state index in [2.05, 4.69) is 181 Å². The third-order valence-electron chi connectivity index (χ3n) is 12.5. The second-order valence-corrected chi connectivity index (χ2v) is 15.1. The molecule has 1 nitrogen and oxygen atoms in total. The predicted octanol–water partition coefficient (Wildman–Crippen LogP) is 13.4. The lowest BCUT2D eigenvalue weighted by molar-refractivity contribution is 0.611. The first-order valence-electron chi connectivity index (χ1n) is 18.9. The lowest BCUT2D eigenvalue weighted by Crippen LogP contribution is -2.20. The van der Waals surface area contributed by atoms with Gasteiger partial charge < -0.3 is 4.57 Å². The van der Waals surface area contributed by atoms with Crippen LogP contribution in [0.5, 0.6) is 0 Å². The highest BCUT2D eigenvalue weighted by Gasteiger charge is 2.35. The zero-order valence-electron chi connectivity index (χ0n) is 29.3. The second kappa shape index (κ2) is 11.6. The van der Waals surface area contributed by atoms with Crippen molar-refractivity contribution in [2.45, 2.75) is 43.4 Å². The SMILES string of the molecule is CC1c2cc(-c3ccc4c5ccccc5n(-c5ccc6c(c5)-c5ccccc5C5C=CC=CC65)c4c3)ccc2C2=C(CCC=C2)C1c1ccccc1. The van der Waals surface area contributed by atoms with Gasteiger partial charge in [0, 0.05) is 34.2 Å². The van der Waals surface area contributed by atoms with Gasteiger partial charge in [-0.2, -0.15) is 0 Å². The molecule has 4 aliphatic rings. The first-order valence-corrected chi connectivity index (χ1v) is 18.9. The third kappa shape index (κ3) is 4.35. The van der Waals surface area contributed by atoms with Gasteiger partial charge in [0.1, 0.15) is 0 Å². The second-order valence-electron chi connectivity index (χ2n) is 15.1. The summed E-state index contributed by atoms with van der Waals surface area (Å²) < 4.78 is 2.50. The normalized spacial score (nSPS) is 21.1. The Bertz CT molecular complexity index is 2710. The molecule has 11 rings (SSSR count). The van der Waals surface area contributed by atoms with Crippen molar-refractivity contribution < 1.29 is 0 Å². The van der Waals surface area contributed by atoms with Crippen LogP contribution in [0.4, 0.5) is 0 Å². The molecule has 0 spiro atoms. The Labute approximate surface area is 305 Å². The summed E-state index contributed by atoms with van der Waals surface area (Å²) in [5.74, 6) is 1.54. The highest BCUT2D eigenvalue weighted by atomic mass is 15.0. The van der Waals surface area contributed by atoms with Crippen molar-refractivity contribution in [1.29, 1.82) is 0 Å². The quantitative estimate of drug-likeness (QED) is 0.177. The molecule has 0 fully saturated rings. The molecule has 0 saturated heterocycles. The van der Waals surface area contributed by atoms with E-state index in [1.807, 2.05) is 0 Å². The Kier molecular flexibility index (Phi) is 6.61. The lowest BCUT2D eigenvalue weighted by Gasteiger charge is -2.37. The van der Waals surface area contributed by atoms with Crippen LogP contribution in [0, 0.1) is 0 Å². The number of benzene rings is 6. The predicted molar refractivity (Wildman–Crippen MR) is 218 cm³/mol. The van der Waals surface area contributed by atoms with Gasteiger partial charge in [0.2, 0.25) is 0 Å². The van der Waals surface area contributed by atoms with Crippen molar-refractivity contribution in [3.8, 4) is 27.9 Å². The van der Waals surface area contributed by atoms with Crippen molar-refractivity contribution >= 4 is 27.4 Å². The maximum Gasteiger partial charge on any atom is 0.0547 e. The number of hydrogen-bond donors (Lipinski definition) is 0. The molecule has 4 unspecified atom stereocenters. The average Bonchev–Trinajstić information content (AvgIpc) is 3.55. The molecule has 4 atom stereocenters. The van der Waals surface area contributed by atoms with Gasteiger partial charge in [-0.1, -0.05) is 158 Å². The van der Waals surface area contributed by atoms with Crippen molar-refractivity contribution in [3.05, 3.63) is 203 Å². The smallest absolute Gasteiger partial charge is 0.0547 e. The van der Waals surface area contributed by atoms with Crippen molar-refractivity contribution in [2.75, 3.05) is 0 Å². The van der Waals surface area contributed by atoms with E-state index >= 15 is 0 Å². The van der Waals surface area contributed by atoms with Crippen molar-refractivity contribution in [2.24, 2.45) is 0 Å². The van der Waals surface area contributed by atoms with Gasteiger partial charge in [0.15, 0.2) is 0 Å². The summed E-state index contributed by atoms with van der Waals surface area (Å²) in [5, 5.41) is 2.58. The van der Waals surface area contributed by atoms with E-state index in [0.29, 0.717) is 23.7 Å². The minimum absolute atomic E-state index is 0.359. The van der Waals surface area contributed by atoms with Crippen LogP contribution in [0.1, 0.15) is 71.3 Å². The molecule has 6 aromatic carbocycles. The molecule has 1 aromatic heterocycles. The monoisotopic (exact) mass is 665 g/mol. The van der Waals surface area contributed by atoms with E-state index in [1.165, 1.54) is 83.1 Å². The molecule has 52 heavy (non-hydrogen) atoms. The van der Waals surface area contributed by atoms with E-state index in [-0.39, 0.29) is 0 Å². The van der Waals surface area contributed by atoms with Crippen LogP contribution in [0.15, 0.2) is 175 Å². The molecule has 7 aromatic rings.